The van der Waals surface area contributed by atoms with Gasteiger partial charge < -0.3 is 20.2 Å². The summed E-state index contributed by atoms with van der Waals surface area (Å²) in [7, 11) is 0. The molecule has 0 amide bonds. The number of hydrogen-bond acceptors (Lipinski definition) is 9. The van der Waals surface area contributed by atoms with E-state index in [1.54, 1.807) is 18.3 Å². The number of anilines is 3. The van der Waals surface area contributed by atoms with Crippen LogP contribution in [0.1, 0.15) is 47.9 Å². The highest BCUT2D eigenvalue weighted by atomic mass is 16.4. The van der Waals surface area contributed by atoms with Crippen molar-refractivity contribution in [2.45, 2.75) is 32.7 Å². The zero-order chi connectivity index (χ0) is 24.4. The van der Waals surface area contributed by atoms with Crippen LogP contribution in [0.5, 0.6) is 0 Å². The summed E-state index contributed by atoms with van der Waals surface area (Å²) in [5.41, 5.74) is 3.55. The molecule has 178 valence electrons. The monoisotopic (exact) mass is 470 g/mol. The van der Waals surface area contributed by atoms with Crippen molar-refractivity contribution in [2.75, 3.05) is 17.2 Å². The molecule has 3 N–H and O–H groups in total. The van der Waals surface area contributed by atoms with Gasteiger partial charge in [-0.1, -0.05) is 44.2 Å². The van der Waals surface area contributed by atoms with E-state index >= 15 is 0 Å². The van der Waals surface area contributed by atoms with E-state index in [1.807, 2.05) is 36.4 Å². The van der Waals surface area contributed by atoms with Crippen molar-refractivity contribution < 1.29 is 14.3 Å². The van der Waals surface area contributed by atoms with Gasteiger partial charge in [-0.3, -0.25) is 4.79 Å². The van der Waals surface area contributed by atoms with Crippen LogP contribution in [0.15, 0.2) is 65.5 Å². The molecule has 1 aliphatic rings. The number of ketones is 1. The van der Waals surface area contributed by atoms with Crippen molar-refractivity contribution in [2.24, 2.45) is 5.41 Å². The van der Waals surface area contributed by atoms with Gasteiger partial charge in [0.15, 0.2) is 5.78 Å². The average molecular weight is 471 g/mol. The SMILES string of the molecule is CC1(C)CC(=O)c2ccc(Nc3cc(N[C@H](CO)c4ccccc4)c(-c4nnco4)cn3)nc2C1. The molecule has 0 aliphatic heterocycles. The minimum absolute atomic E-state index is 0.117. The summed E-state index contributed by atoms with van der Waals surface area (Å²) in [5, 5.41) is 24.5. The minimum atomic E-state index is -0.358. The maximum absolute atomic E-state index is 12.5. The molecule has 0 fully saturated rings. The van der Waals surface area contributed by atoms with E-state index < -0.39 is 0 Å². The fourth-order valence-electron chi connectivity index (χ4n) is 4.35. The fourth-order valence-corrected chi connectivity index (χ4v) is 4.35. The Morgan fingerprint density at radius 2 is 1.91 bits per heavy atom. The summed E-state index contributed by atoms with van der Waals surface area (Å²) in [6.45, 7) is 4.04. The summed E-state index contributed by atoms with van der Waals surface area (Å²) in [6.07, 6.45) is 4.14. The second-order valence-corrected chi connectivity index (χ2v) is 9.41. The molecule has 1 atom stereocenters. The fraction of sp³-hybridized carbons (Fsp3) is 0.269. The van der Waals surface area contributed by atoms with E-state index in [4.69, 9.17) is 9.40 Å². The molecule has 1 aromatic carbocycles. The van der Waals surface area contributed by atoms with Gasteiger partial charge in [-0.25, -0.2) is 9.97 Å². The molecule has 9 heteroatoms. The lowest BCUT2D eigenvalue weighted by atomic mass is 9.76. The van der Waals surface area contributed by atoms with Crippen LogP contribution in [0.3, 0.4) is 0 Å². The molecule has 0 saturated carbocycles. The number of benzene rings is 1. The number of carbonyl (C=O) groups excluding carboxylic acids is 1. The number of Topliss-reactive ketones (excluding diaryl/α,β-unsaturated/α-hetero) is 1. The molecule has 4 aromatic rings. The summed E-state index contributed by atoms with van der Waals surface area (Å²) in [6, 6.07) is 14.7. The van der Waals surface area contributed by atoms with Gasteiger partial charge in [-0.05, 0) is 29.5 Å². The molecular weight excluding hydrogens is 444 g/mol. The largest absolute Gasteiger partial charge is 0.423 e. The lowest BCUT2D eigenvalue weighted by molar-refractivity contribution is 0.0910. The predicted octanol–water partition coefficient (Wildman–Crippen LogP) is 4.57. The van der Waals surface area contributed by atoms with E-state index in [0.29, 0.717) is 40.8 Å². The lowest BCUT2D eigenvalue weighted by Crippen LogP contribution is -2.28. The first-order valence-electron chi connectivity index (χ1n) is 11.4. The van der Waals surface area contributed by atoms with E-state index in [1.165, 1.54) is 6.39 Å². The smallest absolute Gasteiger partial charge is 0.251 e. The van der Waals surface area contributed by atoms with Crippen LogP contribution in [0, 0.1) is 5.41 Å². The van der Waals surface area contributed by atoms with Crippen molar-refractivity contribution in [1.29, 1.82) is 0 Å². The first kappa shape index (κ1) is 22.7. The van der Waals surface area contributed by atoms with Gasteiger partial charge in [-0.2, -0.15) is 0 Å². The Balaban J connectivity index is 1.46. The number of fused-ring (bicyclic) bond motifs is 1. The normalized spacial score (nSPS) is 15.3. The van der Waals surface area contributed by atoms with Gasteiger partial charge in [0.2, 0.25) is 6.39 Å². The summed E-state index contributed by atoms with van der Waals surface area (Å²) < 4.78 is 5.40. The number of aliphatic hydroxyl groups excluding tert-OH is 1. The number of carbonyl (C=O) groups is 1. The molecule has 3 aromatic heterocycles. The van der Waals surface area contributed by atoms with E-state index in [0.717, 1.165) is 17.7 Å². The number of nitrogens with one attached hydrogen (secondary N) is 2. The number of pyridine rings is 2. The molecule has 3 heterocycles. The van der Waals surface area contributed by atoms with Gasteiger partial charge in [0.1, 0.15) is 11.6 Å². The summed E-state index contributed by atoms with van der Waals surface area (Å²) in [4.78, 5) is 21.7. The van der Waals surface area contributed by atoms with Crippen LogP contribution in [-0.2, 0) is 6.42 Å². The van der Waals surface area contributed by atoms with Gasteiger partial charge in [0.25, 0.3) is 5.89 Å². The Kier molecular flexibility index (Phi) is 6.00. The van der Waals surface area contributed by atoms with Crippen LogP contribution in [0.2, 0.25) is 0 Å². The first-order chi connectivity index (χ1) is 16.9. The van der Waals surface area contributed by atoms with Crippen molar-refractivity contribution in [1.82, 2.24) is 20.2 Å². The molecule has 5 rings (SSSR count). The summed E-state index contributed by atoms with van der Waals surface area (Å²) >= 11 is 0. The number of aromatic nitrogens is 4. The third-order valence-electron chi connectivity index (χ3n) is 6.02. The highest BCUT2D eigenvalue weighted by molar-refractivity contribution is 5.98. The number of rotatable bonds is 7. The maximum Gasteiger partial charge on any atom is 0.251 e. The number of aliphatic hydroxyl groups is 1. The Labute approximate surface area is 202 Å². The third kappa shape index (κ3) is 4.90. The molecule has 0 spiro atoms. The topological polar surface area (TPSA) is 126 Å². The highest BCUT2D eigenvalue weighted by Crippen LogP contribution is 2.35. The van der Waals surface area contributed by atoms with Crippen LogP contribution >= 0.6 is 0 Å². The molecule has 0 unspecified atom stereocenters. The summed E-state index contributed by atoms with van der Waals surface area (Å²) in [5.74, 6) is 1.57. The molecule has 9 nitrogen and oxygen atoms in total. The van der Waals surface area contributed by atoms with Crippen LogP contribution in [0.25, 0.3) is 11.5 Å². The van der Waals surface area contributed by atoms with Crippen molar-refractivity contribution in [3.05, 3.63) is 77.9 Å². The molecular formula is C26H26N6O3. The molecule has 0 radical (unpaired) electrons. The van der Waals surface area contributed by atoms with E-state index in [9.17, 15) is 9.90 Å². The van der Waals surface area contributed by atoms with Gasteiger partial charge >= 0.3 is 0 Å². The zero-order valence-corrected chi connectivity index (χ0v) is 19.5. The highest BCUT2D eigenvalue weighted by Gasteiger charge is 2.32. The Bertz CT molecular complexity index is 1340. The second-order valence-electron chi connectivity index (χ2n) is 9.41. The Morgan fingerprint density at radius 3 is 2.66 bits per heavy atom. The first-order valence-corrected chi connectivity index (χ1v) is 11.4. The molecule has 35 heavy (non-hydrogen) atoms. The van der Waals surface area contributed by atoms with Gasteiger partial charge in [0, 0.05) is 24.2 Å². The number of nitrogens with zero attached hydrogens (tertiary/aromatic N) is 4. The molecule has 0 saturated heterocycles. The molecule has 1 aliphatic carbocycles. The Hall–Kier alpha value is -4.11. The lowest BCUT2D eigenvalue weighted by Gasteiger charge is -2.29. The van der Waals surface area contributed by atoms with Crippen molar-refractivity contribution in [3.63, 3.8) is 0 Å². The second kappa shape index (κ2) is 9.27. The predicted molar refractivity (Wildman–Crippen MR) is 131 cm³/mol. The van der Waals surface area contributed by atoms with E-state index in [-0.39, 0.29) is 23.8 Å². The average Bonchev–Trinajstić information content (AvgIpc) is 3.37. The van der Waals surface area contributed by atoms with Gasteiger partial charge in [-0.15, -0.1) is 10.2 Å². The van der Waals surface area contributed by atoms with Crippen LogP contribution < -0.4 is 10.6 Å². The van der Waals surface area contributed by atoms with Crippen LogP contribution in [-0.4, -0.2) is 37.7 Å². The molecule has 0 bridgehead atoms. The third-order valence-corrected chi connectivity index (χ3v) is 6.02. The Morgan fingerprint density at radius 1 is 1.09 bits per heavy atom. The minimum Gasteiger partial charge on any atom is -0.423 e. The van der Waals surface area contributed by atoms with Gasteiger partial charge in [0.05, 0.1) is 29.6 Å². The van der Waals surface area contributed by atoms with Crippen molar-refractivity contribution >= 4 is 23.1 Å². The van der Waals surface area contributed by atoms with Crippen LogP contribution in [0.4, 0.5) is 17.3 Å². The number of hydrogen-bond donors (Lipinski definition) is 3. The maximum atomic E-state index is 12.5. The quantitative estimate of drug-likeness (QED) is 0.356. The zero-order valence-electron chi connectivity index (χ0n) is 19.5. The van der Waals surface area contributed by atoms with Crippen molar-refractivity contribution in [3.8, 4) is 11.5 Å². The standard InChI is InChI=1S/C26H26N6O3/c1-26(2)11-20-17(22(34)12-26)8-9-23(30-20)31-24-10-19(18(13-27-24)25-32-28-15-35-25)29-21(14-33)16-6-4-3-5-7-16/h3-10,13,15,21,33H,11-12,14H2,1-2H3,(H2,27,29,30,31)/t21-/m1/s1. The van der Waals surface area contributed by atoms with E-state index in [2.05, 4.69) is 39.7 Å².